The van der Waals surface area contributed by atoms with Gasteiger partial charge in [0.05, 0.1) is 17.6 Å². The Bertz CT molecular complexity index is 535. The highest BCUT2D eigenvalue weighted by Gasteiger charge is 2.25. The van der Waals surface area contributed by atoms with E-state index < -0.39 is 10.0 Å². The van der Waals surface area contributed by atoms with Gasteiger partial charge in [0.25, 0.3) is 0 Å². The molecule has 0 aliphatic carbocycles. The molecule has 6 heteroatoms. The van der Waals surface area contributed by atoms with Crippen molar-refractivity contribution in [1.29, 1.82) is 0 Å². The molecule has 1 aliphatic rings. The molecule has 5 nitrogen and oxygen atoms in total. The minimum Gasteiger partial charge on any atom is -0.494 e. The van der Waals surface area contributed by atoms with Crippen molar-refractivity contribution in [3.63, 3.8) is 0 Å². The first-order valence-electron chi connectivity index (χ1n) is 7.35. The summed E-state index contributed by atoms with van der Waals surface area (Å²) >= 11 is 0. The second-order valence-corrected chi connectivity index (χ2v) is 7.22. The molecule has 1 fully saturated rings. The van der Waals surface area contributed by atoms with Crippen LogP contribution in [0.3, 0.4) is 0 Å². The van der Waals surface area contributed by atoms with E-state index in [-0.39, 0.29) is 11.0 Å². The summed E-state index contributed by atoms with van der Waals surface area (Å²) in [6, 6.07) is 6.53. The number of rotatable bonds is 6. The fraction of sp³-hybridized carbons (Fsp3) is 0.600. The molecule has 1 aromatic rings. The Hall–Kier alpha value is -1.11. The number of nitrogens with zero attached hydrogens (tertiary/aromatic N) is 1. The molecule has 118 valence electrons. The van der Waals surface area contributed by atoms with Crippen LogP contribution in [0.1, 0.15) is 26.2 Å². The maximum absolute atomic E-state index is 12.5. The van der Waals surface area contributed by atoms with E-state index in [0.29, 0.717) is 18.9 Å². The fourth-order valence-corrected chi connectivity index (χ4v) is 3.59. The summed E-state index contributed by atoms with van der Waals surface area (Å²) in [6.07, 6.45) is 3.08. The summed E-state index contributed by atoms with van der Waals surface area (Å²) in [5.41, 5.74) is 0. The third kappa shape index (κ3) is 4.18. The Balaban J connectivity index is 2.05. The van der Waals surface area contributed by atoms with Crippen LogP contribution in [0.2, 0.25) is 0 Å². The molecule has 0 radical (unpaired) electrons. The standard InChI is InChI=1S/C15H23NO4S/c1-3-19-13-7-9-15(10-8-13)21(17,18)16(2)12-14-6-4-5-11-20-14/h7-10,14H,3-6,11-12H2,1-2H3. The molecule has 0 bridgehead atoms. The molecular weight excluding hydrogens is 290 g/mol. The van der Waals surface area contributed by atoms with Crippen molar-refractivity contribution < 1.29 is 17.9 Å². The maximum atomic E-state index is 12.5. The van der Waals surface area contributed by atoms with Gasteiger partial charge in [0.15, 0.2) is 0 Å². The van der Waals surface area contributed by atoms with Crippen LogP contribution in [0, 0.1) is 0 Å². The second kappa shape index (κ2) is 7.24. The molecule has 0 saturated carbocycles. The van der Waals surface area contributed by atoms with Gasteiger partial charge in [0.1, 0.15) is 5.75 Å². The number of benzene rings is 1. The second-order valence-electron chi connectivity index (χ2n) is 5.18. The number of hydrogen-bond acceptors (Lipinski definition) is 4. The highest BCUT2D eigenvalue weighted by Crippen LogP contribution is 2.21. The first kappa shape index (κ1) is 16.3. The summed E-state index contributed by atoms with van der Waals surface area (Å²) < 4.78 is 37.3. The Kier molecular flexibility index (Phi) is 5.61. The average molecular weight is 313 g/mol. The molecule has 1 atom stereocenters. The van der Waals surface area contributed by atoms with Crippen molar-refractivity contribution in [2.45, 2.75) is 37.2 Å². The first-order valence-corrected chi connectivity index (χ1v) is 8.79. The van der Waals surface area contributed by atoms with Crippen LogP contribution in [0.25, 0.3) is 0 Å². The van der Waals surface area contributed by atoms with Crippen LogP contribution in [0.4, 0.5) is 0 Å². The van der Waals surface area contributed by atoms with E-state index in [2.05, 4.69) is 0 Å². The van der Waals surface area contributed by atoms with Crippen molar-refractivity contribution in [1.82, 2.24) is 4.31 Å². The lowest BCUT2D eigenvalue weighted by molar-refractivity contribution is 0.00858. The van der Waals surface area contributed by atoms with Crippen LogP contribution in [0.15, 0.2) is 29.2 Å². The van der Waals surface area contributed by atoms with E-state index in [1.165, 1.54) is 4.31 Å². The SMILES string of the molecule is CCOc1ccc(S(=O)(=O)N(C)CC2CCCCO2)cc1. The quantitative estimate of drug-likeness (QED) is 0.808. The lowest BCUT2D eigenvalue weighted by atomic mass is 10.1. The van der Waals surface area contributed by atoms with Crippen molar-refractivity contribution in [2.24, 2.45) is 0 Å². The van der Waals surface area contributed by atoms with Gasteiger partial charge in [0, 0.05) is 20.2 Å². The lowest BCUT2D eigenvalue weighted by Gasteiger charge is -2.27. The molecule has 0 N–H and O–H groups in total. The van der Waals surface area contributed by atoms with E-state index in [0.717, 1.165) is 25.9 Å². The molecule has 21 heavy (non-hydrogen) atoms. The summed E-state index contributed by atoms with van der Waals surface area (Å²) in [7, 11) is -1.87. The van der Waals surface area contributed by atoms with Gasteiger partial charge in [-0.05, 0) is 50.5 Å². The van der Waals surface area contributed by atoms with E-state index in [1.807, 2.05) is 6.92 Å². The van der Waals surface area contributed by atoms with Gasteiger partial charge >= 0.3 is 0 Å². The van der Waals surface area contributed by atoms with Gasteiger partial charge in [-0.25, -0.2) is 8.42 Å². The zero-order valence-corrected chi connectivity index (χ0v) is 13.4. The molecule has 1 saturated heterocycles. The van der Waals surface area contributed by atoms with Crippen LogP contribution in [0.5, 0.6) is 5.75 Å². The van der Waals surface area contributed by atoms with E-state index in [9.17, 15) is 8.42 Å². The minimum absolute atomic E-state index is 0.00113. The molecule has 1 heterocycles. The molecule has 1 unspecified atom stereocenters. The smallest absolute Gasteiger partial charge is 0.242 e. The zero-order chi connectivity index (χ0) is 15.3. The molecule has 0 amide bonds. The van der Waals surface area contributed by atoms with E-state index in [4.69, 9.17) is 9.47 Å². The van der Waals surface area contributed by atoms with Crippen molar-refractivity contribution in [3.8, 4) is 5.75 Å². The third-order valence-corrected chi connectivity index (χ3v) is 5.42. The van der Waals surface area contributed by atoms with Crippen molar-refractivity contribution in [2.75, 3.05) is 26.8 Å². The lowest BCUT2D eigenvalue weighted by Crippen LogP contribution is -2.37. The molecule has 1 aromatic carbocycles. The molecule has 0 aromatic heterocycles. The van der Waals surface area contributed by atoms with Crippen LogP contribution in [-0.4, -0.2) is 45.6 Å². The zero-order valence-electron chi connectivity index (χ0n) is 12.6. The summed E-state index contributed by atoms with van der Waals surface area (Å²) in [6.45, 7) is 3.57. The van der Waals surface area contributed by atoms with Gasteiger partial charge in [0.2, 0.25) is 10.0 Å². The Morgan fingerprint density at radius 3 is 2.57 bits per heavy atom. The Labute approximate surface area is 126 Å². The normalized spacial score (nSPS) is 19.7. The summed E-state index contributed by atoms with van der Waals surface area (Å²) in [5.74, 6) is 0.676. The molecular formula is C15H23NO4S. The number of sulfonamides is 1. The molecule has 2 rings (SSSR count). The monoisotopic (exact) mass is 313 g/mol. The summed E-state index contributed by atoms with van der Waals surface area (Å²) in [4.78, 5) is 0.282. The van der Waals surface area contributed by atoms with Crippen LogP contribution in [-0.2, 0) is 14.8 Å². The number of hydrogen-bond donors (Lipinski definition) is 0. The van der Waals surface area contributed by atoms with Gasteiger partial charge in [-0.15, -0.1) is 0 Å². The molecule has 0 spiro atoms. The van der Waals surface area contributed by atoms with Crippen LogP contribution < -0.4 is 4.74 Å². The van der Waals surface area contributed by atoms with Gasteiger partial charge in [-0.1, -0.05) is 0 Å². The average Bonchev–Trinajstić information content (AvgIpc) is 2.49. The van der Waals surface area contributed by atoms with E-state index >= 15 is 0 Å². The number of ether oxygens (including phenoxy) is 2. The first-order chi connectivity index (χ1) is 10.0. The van der Waals surface area contributed by atoms with Crippen LogP contribution >= 0.6 is 0 Å². The van der Waals surface area contributed by atoms with Gasteiger partial charge in [-0.2, -0.15) is 4.31 Å². The minimum atomic E-state index is -3.47. The van der Waals surface area contributed by atoms with Gasteiger partial charge in [-0.3, -0.25) is 0 Å². The summed E-state index contributed by atoms with van der Waals surface area (Å²) in [5, 5.41) is 0. The number of likely N-dealkylation sites (N-methyl/N-ethyl adjacent to an activating group) is 1. The topological polar surface area (TPSA) is 55.8 Å². The Morgan fingerprint density at radius 2 is 2.00 bits per heavy atom. The fourth-order valence-electron chi connectivity index (χ4n) is 2.39. The highest BCUT2D eigenvalue weighted by molar-refractivity contribution is 7.89. The van der Waals surface area contributed by atoms with Crippen molar-refractivity contribution >= 4 is 10.0 Å². The highest BCUT2D eigenvalue weighted by atomic mass is 32.2. The van der Waals surface area contributed by atoms with Crippen molar-refractivity contribution in [3.05, 3.63) is 24.3 Å². The third-order valence-electron chi connectivity index (χ3n) is 3.58. The van der Waals surface area contributed by atoms with Gasteiger partial charge < -0.3 is 9.47 Å². The predicted molar refractivity (Wildman–Crippen MR) is 81.0 cm³/mol. The Morgan fingerprint density at radius 1 is 1.29 bits per heavy atom. The van der Waals surface area contributed by atoms with E-state index in [1.54, 1.807) is 31.3 Å². The predicted octanol–water partition coefficient (Wildman–Crippen LogP) is 2.27. The maximum Gasteiger partial charge on any atom is 0.242 e. The largest absolute Gasteiger partial charge is 0.494 e. The molecule has 1 aliphatic heterocycles.